The van der Waals surface area contributed by atoms with Crippen molar-refractivity contribution in [1.29, 1.82) is 0 Å². The summed E-state index contributed by atoms with van der Waals surface area (Å²) in [4.78, 5) is 19.2. The average Bonchev–Trinajstić information content (AvgIpc) is 2.87. The SMILES string of the molecule is C[C@H]1Cc2ccccc2N1C(=O)CO/N=C\c1cccc(F)c1. The second kappa shape index (κ2) is 6.60. The van der Waals surface area contributed by atoms with Crippen molar-refractivity contribution in [3.63, 3.8) is 0 Å². The van der Waals surface area contributed by atoms with E-state index in [-0.39, 0.29) is 24.4 Å². The Balaban J connectivity index is 1.60. The number of carbonyl (C=O) groups is 1. The maximum absolute atomic E-state index is 13.0. The number of halogens is 1. The number of nitrogens with zero attached hydrogens (tertiary/aromatic N) is 2. The Morgan fingerprint density at radius 1 is 1.35 bits per heavy atom. The first-order valence-electron chi connectivity index (χ1n) is 7.46. The van der Waals surface area contributed by atoms with Gasteiger partial charge < -0.3 is 9.74 Å². The van der Waals surface area contributed by atoms with Crippen molar-refractivity contribution in [1.82, 2.24) is 0 Å². The van der Waals surface area contributed by atoms with E-state index in [2.05, 4.69) is 5.16 Å². The first-order chi connectivity index (χ1) is 11.1. The van der Waals surface area contributed by atoms with E-state index in [9.17, 15) is 9.18 Å². The van der Waals surface area contributed by atoms with Gasteiger partial charge >= 0.3 is 0 Å². The molecule has 0 saturated carbocycles. The summed E-state index contributed by atoms with van der Waals surface area (Å²) < 4.78 is 13.0. The summed E-state index contributed by atoms with van der Waals surface area (Å²) >= 11 is 0. The van der Waals surface area contributed by atoms with Crippen LogP contribution in [0.1, 0.15) is 18.1 Å². The maximum Gasteiger partial charge on any atom is 0.268 e. The molecule has 1 aliphatic rings. The molecule has 0 spiro atoms. The molecule has 1 aliphatic heterocycles. The fraction of sp³-hybridized carbons (Fsp3) is 0.222. The molecule has 0 fully saturated rings. The van der Waals surface area contributed by atoms with E-state index in [1.54, 1.807) is 17.0 Å². The number of para-hydroxylation sites is 1. The zero-order valence-electron chi connectivity index (χ0n) is 12.8. The molecule has 1 atom stereocenters. The third kappa shape index (κ3) is 3.39. The van der Waals surface area contributed by atoms with E-state index < -0.39 is 0 Å². The van der Waals surface area contributed by atoms with Crippen LogP contribution in [0.4, 0.5) is 10.1 Å². The highest BCUT2D eigenvalue weighted by Gasteiger charge is 2.30. The van der Waals surface area contributed by atoms with Crippen LogP contribution in [-0.4, -0.2) is 24.8 Å². The van der Waals surface area contributed by atoms with Gasteiger partial charge in [-0.25, -0.2) is 4.39 Å². The van der Waals surface area contributed by atoms with E-state index in [0.717, 1.165) is 17.7 Å². The van der Waals surface area contributed by atoms with Crippen molar-refractivity contribution >= 4 is 17.8 Å². The van der Waals surface area contributed by atoms with Gasteiger partial charge in [-0.15, -0.1) is 0 Å². The zero-order valence-corrected chi connectivity index (χ0v) is 12.8. The summed E-state index contributed by atoms with van der Waals surface area (Å²) in [6.45, 7) is 1.86. The summed E-state index contributed by atoms with van der Waals surface area (Å²) in [5.41, 5.74) is 2.68. The molecule has 0 N–H and O–H groups in total. The fourth-order valence-corrected chi connectivity index (χ4v) is 2.79. The van der Waals surface area contributed by atoms with Crippen LogP contribution < -0.4 is 4.90 Å². The largest absolute Gasteiger partial charge is 0.386 e. The van der Waals surface area contributed by atoms with Crippen LogP contribution in [0.5, 0.6) is 0 Å². The Morgan fingerprint density at radius 3 is 3.00 bits per heavy atom. The minimum Gasteiger partial charge on any atom is -0.386 e. The summed E-state index contributed by atoms with van der Waals surface area (Å²) in [5.74, 6) is -0.480. The first-order valence-corrected chi connectivity index (χ1v) is 7.46. The van der Waals surface area contributed by atoms with Crippen LogP contribution in [0.15, 0.2) is 53.7 Å². The van der Waals surface area contributed by atoms with E-state index in [0.29, 0.717) is 5.56 Å². The number of benzene rings is 2. The summed E-state index contributed by atoms with van der Waals surface area (Å²) in [6.07, 6.45) is 2.23. The monoisotopic (exact) mass is 312 g/mol. The Bertz CT molecular complexity index is 745. The summed E-state index contributed by atoms with van der Waals surface area (Å²) in [6, 6.07) is 14.0. The molecule has 0 radical (unpaired) electrons. The van der Waals surface area contributed by atoms with Crippen molar-refractivity contribution in [2.75, 3.05) is 11.5 Å². The third-order valence-corrected chi connectivity index (χ3v) is 3.79. The van der Waals surface area contributed by atoms with Gasteiger partial charge in [0, 0.05) is 11.7 Å². The smallest absolute Gasteiger partial charge is 0.268 e. The van der Waals surface area contributed by atoms with Crippen molar-refractivity contribution < 1.29 is 14.0 Å². The Labute approximate surface area is 134 Å². The molecule has 0 saturated heterocycles. The Morgan fingerprint density at radius 2 is 2.17 bits per heavy atom. The molecule has 1 heterocycles. The molecule has 23 heavy (non-hydrogen) atoms. The summed E-state index contributed by atoms with van der Waals surface area (Å²) in [5, 5.41) is 3.74. The predicted octanol–water partition coefficient (Wildman–Crippen LogP) is 3.15. The van der Waals surface area contributed by atoms with Crippen LogP contribution in [0, 0.1) is 5.82 Å². The molecule has 0 aromatic heterocycles. The lowest BCUT2D eigenvalue weighted by atomic mass is 10.1. The molecule has 5 heteroatoms. The summed E-state index contributed by atoms with van der Waals surface area (Å²) in [7, 11) is 0. The molecular formula is C18H17FN2O2. The third-order valence-electron chi connectivity index (χ3n) is 3.79. The Kier molecular flexibility index (Phi) is 4.37. The minimum atomic E-state index is -0.340. The standard InChI is InChI=1S/C18H17FN2O2/c1-13-9-15-6-2-3-8-17(15)21(13)18(22)12-23-20-11-14-5-4-7-16(19)10-14/h2-8,10-11,13H,9,12H2,1H3/b20-11-/t13-/m0/s1. The zero-order chi connectivity index (χ0) is 16.2. The number of oxime groups is 1. The Hall–Kier alpha value is -2.69. The number of carbonyl (C=O) groups excluding carboxylic acids is 1. The number of fused-ring (bicyclic) bond motifs is 1. The molecule has 2 aromatic rings. The van der Waals surface area contributed by atoms with Gasteiger partial charge in [-0.2, -0.15) is 0 Å². The van der Waals surface area contributed by atoms with E-state index in [1.165, 1.54) is 18.3 Å². The molecule has 0 aliphatic carbocycles. The highest BCUT2D eigenvalue weighted by molar-refractivity contribution is 5.97. The molecule has 3 rings (SSSR count). The molecule has 4 nitrogen and oxygen atoms in total. The van der Waals surface area contributed by atoms with Crippen molar-refractivity contribution in [3.8, 4) is 0 Å². The highest BCUT2D eigenvalue weighted by atomic mass is 19.1. The normalized spacial score (nSPS) is 16.6. The lowest BCUT2D eigenvalue weighted by Gasteiger charge is -2.21. The van der Waals surface area contributed by atoms with Crippen molar-refractivity contribution in [3.05, 3.63) is 65.5 Å². The van der Waals surface area contributed by atoms with Crippen LogP contribution in [-0.2, 0) is 16.1 Å². The van der Waals surface area contributed by atoms with Gasteiger partial charge in [0.1, 0.15) is 5.82 Å². The van der Waals surface area contributed by atoms with Crippen molar-refractivity contribution in [2.24, 2.45) is 5.16 Å². The van der Waals surface area contributed by atoms with Gasteiger partial charge in [0.25, 0.3) is 5.91 Å². The lowest BCUT2D eigenvalue weighted by molar-refractivity contribution is -0.123. The molecule has 1 amide bonds. The van der Waals surface area contributed by atoms with Gasteiger partial charge in [-0.05, 0) is 42.7 Å². The molecule has 118 valence electrons. The maximum atomic E-state index is 13.0. The van der Waals surface area contributed by atoms with Crippen LogP contribution in [0.2, 0.25) is 0 Å². The number of amides is 1. The van der Waals surface area contributed by atoms with Crippen LogP contribution in [0.3, 0.4) is 0 Å². The molecular weight excluding hydrogens is 295 g/mol. The van der Waals surface area contributed by atoms with Gasteiger partial charge in [0.15, 0.2) is 6.61 Å². The van der Waals surface area contributed by atoms with E-state index >= 15 is 0 Å². The highest BCUT2D eigenvalue weighted by Crippen LogP contribution is 2.31. The number of rotatable bonds is 4. The van der Waals surface area contributed by atoms with Gasteiger partial charge in [-0.3, -0.25) is 4.79 Å². The van der Waals surface area contributed by atoms with E-state index in [4.69, 9.17) is 4.84 Å². The van der Waals surface area contributed by atoms with E-state index in [1.807, 2.05) is 31.2 Å². The molecule has 0 unspecified atom stereocenters. The molecule has 0 bridgehead atoms. The molecule has 2 aromatic carbocycles. The predicted molar refractivity (Wildman–Crippen MR) is 87.0 cm³/mol. The lowest BCUT2D eigenvalue weighted by Crippen LogP contribution is -2.37. The van der Waals surface area contributed by atoms with Crippen molar-refractivity contribution in [2.45, 2.75) is 19.4 Å². The van der Waals surface area contributed by atoms with Crippen LogP contribution >= 0.6 is 0 Å². The van der Waals surface area contributed by atoms with Crippen LogP contribution in [0.25, 0.3) is 0 Å². The topological polar surface area (TPSA) is 41.9 Å². The number of hydrogen-bond acceptors (Lipinski definition) is 3. The second-order valence-corrected chi connectivity index (χ2v) is 5.51. The second-order valence-electron chi connectivity index (χ2n) is 5.51. The minimum absolute atomic E-state index is 0.107. The van der Waals surface area contributed by atoms with Gasteiger partial charge in [0.05, 0.1) is 6.21 Å². The van der Waals surface area contributed by atoms with Gasteiger partial charge in [-0.1, -0.05) is 35.5 Å². The first kappa shape index (κ1) is 15.2. The van der Waals surface area contributed by atoms with Gasteiger partial charge in [0.2, 0.25) is 0 Å². The number of anilines is 1. The number of hydrogen-bond donors (Lipinski definition) is 0. The fourth-order valence-electron chi connectivity index (χ4n) is 2.79. The average molecular weight is 312 g/mol. The quantitative estimate of drug-likeness (QED) is 0.643.